The summed E-state index contributed by atoms with van der Waals surface area (Å²) in [5.41, 5.74) is 1.38. The van der Waals surface area contributed by atoms with Gasteiger partial charge in [0.15, 0.2) is 5.69 Å². The molecule has 27 heavy (non-hydrogen) atoms. The summed E-state index contributed by atoms with van der Waals surface area (Å²) in [4.78, 5) is 14.5. The third-order valence-corrected chi connectivity index (χ3v) is 4.56. The zero-order chi connectivity index (χ0) is 18.9. The molecule has 2 N–H and O–H groups in total. The summed E-state index contributed by atoms with van der Waals surface area (Å²) in [5, 5.41) is 14.9. The Labute approximate surface area is 164 Å². The molecule has 0 bridgehead atoms. The number of anilines is 1. The maximum atomic E-state index is 12.2. The molecule has 1 aliphatic heterocycles. The average Bonchev–Trinajstić information content (AvgIpc) is 2.69. The first kappa shape index (κ1) is 19.5. The van der Waals surface area contributed by atoms with Gasteiger partial charge < -0.3 is 15.4 Å². The van der Waals surface area contributed by atoms with E-state index in [0.29, 0.717) is 29.5 Å². The molecule has 1 aromatic carbocycles. The number of rotatable bonds is 8. The van der Waals surface area contributed by atoms with Crippen LogP contribution < -0.4 is 10.6 Å². The van der Waals surface area contributed by atoms with Gasteiger partial charge in [-0.1, -0.05) is 23.7 Å². The lowest BCUT2D eigenvalue weighted by molar-refractivity contribution is 0.0398. The zero-order valence-corrected chi connectivity index (χ0v) is 15.9. The van der Waals surface area contributed by atoms with Crippen molar-refractivity contribution in [1.29, 1.82) is 0 Å². The third kappa shape index (κ3) is 6.46. The van der Waals surface area contributed by atoms with E-state index < -0.39 is 0 Å². The van der Waals surface area contributed by atoms with E-state index in [1.165, 1.54) is 0 Å². The molecule has 144 valence electrons. The van der Waals surface area contributed by atoms with Gasteiger partial charge in [-0.2, -0.15) is 0 Å². The van der Waals surface area contributed by atoms with Crippen LogP contribution in [0.15, 0.2) is 36.4 Å². The van der Waals surface area contributed by atoms with Gasteiger partial charge in [0.1, 0.15) is 5.82 Å². The SMILES string of the molecule is O=C(NCCc1cccc(Cl)c1)c1ccc(NCCN2CCOCC2)nn1. The van der Waals surface area contributed by atoms with Gasteiger partial charge in [0, 0.05) is 37.7 Å². The number of hydrogen-bond acceptors (Lipinski definition) is 6. The topological polar surface area (TPSA) is 79.4 Å². The summed E-state index contributed by atoms with van der Waals surface area (Å²) in [6.45, 7) is 5.72. The van der Waals surface area contributed by atoms with E-state index in [4.69, 9.17) is 16.3 Å². The van der Waals surface area contributed by atoms with Crippen molar-refractivity contribution in [3.8, 4) is 0 Å². The molecule has 2 aromatic rings. The minimum Gasteiger partial charge on any atom is -0.379 e. The Morgan fingerprint density at radius 3 is 2.74 bits per heavy atom. The summed E-state index contributed by atoms with van der Waals surface area (Å²) in [7, 11) is 0. The van der Waals surface area contributed by atoms with E-state index >= 15 is 0 Å². The van der Waals surface area contributed by atoms with Gasteiger partial charge in [-0.3, -0.25) is 9.69 Å². The number of halogens is 1. The second-order valence-electron chi connectivity index (χ2n) is 6.32. The molecule has 2 heterocycles. The normalized spacial score (nSPS) is 14.7. The van der Waals surface area contributed by atoms with Gasteiger partial charge in [0.2, 0.25) is 0 Å². The van der Waals surface area contributed by atoms with E-state index in [2.05, 4.69) is 25.7 Å². The second-order valence-corrected chi connectivity index (χ2v) is 6.76. The van der Waals surface area contributed by atoms with Crippen LogP contribution in [0.5, 0.6) is 0 Å². The van der Waals surface area contributed by atoms with Crippen LogP contribution in [-0.4, -0.2) is 66.9 Å². The summed E-state index contributed by atoms with van der Waals surface area (Å²) in [6, 6.07) is 11.1. The molecule has 0 saturated carbocycles. The molecule has 8 heteroatoms. The summed E-state index contributed by atoms with van der Waals surface area (Å²) in [5.74, 6) is 0.433. The molecule has 0 unspecified atom stereocenters. The van der Waals surface area contributed by atoms with Crippen molar-refractivity contribution in [3.05, 3.63) is 52.7 Å². The highest BCUT2D eigenvalue weighted by Gasteiger charge is 2.10. The number of carbonyl (C=O) groups is 1. The smallest absolute Gasteiger partial charge is 0.271 e. The lowest BCUT2D eigenvalue weighted by Gasteiger charge is -2.26. The quantitative estimate of drug-likeness (QED) is 0.717. The zero-order valence-electron chi connectivity index (χ0n) is 15.2. The Morgan fingerprint density at radius 1 is 1.15 bits per heavy atom. The minimum absolute atomic E-state index is 0.232. The van der Waals surface area contributed by atoms with Crippen molar-refractivity contribution >= 4 is 23.3 Å². The fourth-order valence-electron chi connectivity index (χ4n) is 2.82. The first-order valence-corrected chi connectivity index (χ1v) is 9.49. The Kier molecular flexibility index (Phi) is 7.38. The molecule has 1 aromatic heterocycles. The highest BCUT2D eigenvalue weighted by atomic mass is 35.5. The van der Waals surface area contributed by atoms with E-state index in [-0.39, 0.29) is 5.91 Å². The summed E-state index contributed by atoms with van der Waals surface area (Å²) < 4.78 is 5.33. The van der Waals surface area contributed by atoms with Gasteiger partial charge in [-0.15, -0.1) is 10.2 Å². The molecule has 1 aliphatic rings. The van der Waals surface area contributed by atoms with Gasteiger partial charge in [0.25, 0.3) is 5.91 Å². The summed E-state index contributed by atoms with van der Waals surface area (Å²) in [6.07, 6.45) is 0.709. The number of amides is 1. The van der Waals surface area contributed by atoms with E-state index in [9.17, 15) is 4.79 Å². The maximum absolute atomic E-state index is 12.2. The van der Waals surface area contributed by atoms with E-state index in [1.807, 2.05) is 24.3 Å². The monoisotopic (exact) mass is 389 g/mol. The Morgan fingerprint density at radius 2 is 2.00 bits per heavy atom. The molecular formula is C19H24ClN5O2. The second kappa shape index (κ2) is 10.2. The van der Waals surface area contributed by atoms with Crippen molar-refractivity contribution in [3.63, 3.8) is 0 Å². The molecule has 0 spiro atoms. The van der Waals surface area contributed by atoms with Gasteiger partial charge >= 0.3 is 0 Å². The standard InChI is InChI=1S/C19H24ClN5O2/c20-16-3-1-2-15(14-16)6-7-22-19(26)17-4-5-18(24-23-17)21-8-9-25-10-12-27-13-11-25/h1-5,14H,6-13H2,(H,21,24)(H,22,26). The van der Waals surface area contributed by atoms with Crippen molar-refractivity contribution in [2.75, 3.05) is 51.3 Å². The number of nitrogens with zero attached hydrogens (tertiary/aromatic N) is 3. The highest BCUT2D eigenvalue weighted by molar-refractivity contribution is 6.30. The molecule has 3 rings (SSSR count). The molecule has 1 saturated heterocycles. The Bertz CT molecular complexity index is 735. The van der Waals surface area contributed by atoms with Crippen molar-refractivity contribution < 1.29 is 9.53 Å². The molecule has 0 aliphatic carbocycles. The van der Waals surface area contributed by atoms with Gasteiger partial charge in [0.05, 0.1) is 13.2 Å². The van der Waals surface area contributed by atoms with Crippen molar-refractivity contribution in [1.82, 2.24) is 20.4 Å². The molecule has 0 radical (unpaired) electrons. The lowest BCUT2D eigenvalue weighted by atomic mass is 10.1. The largest absolute Gasteiger partial charge is 0.379 e. The van der Waals surface area contributed by atoms with Crippen LogP contribution in [0.25, 0.3) is 0 Å². The third-order valence-electron chi connectivity index (χ3n) is 4.32. The summed E-state index contributed by atoms with van der Waals surface area (Å²) >= 11 is 5.96. The van der Waals surface area contributed by atoms with Crippen molar-refractivity contribution in [2.45, 2.75) is 6.42 Å². The highest BCUT2D eigenvalue weighted by Crippen LogP contribution is 2.10. The number of benzene rings is 1. The minimum atomic E-state index is -0.232. The molecule has 7 nitrogen and oxygen atoms in total. The number of morpholine rings is 1. The van der Waals surface area contributed by atoms with E-state index in [1.54, 1.807) is 12.1 Å². The number of hydrogen-bond donors (Lipinski definition) is 2. The fraction of sp³-hybridized carbons (Fsp3) is 0.421. The predicted octanol–water partition coefficient (Wildman–Crippen LogP) is 1.85. The Hall–Kier alpha value is -2.22. The van der Waals surface area contributed by atoms with Crippen LogP contribution >= 0.6 is 11.6 Å². The van der Waals surface area contributed by atoms with Crippen LogP contribution in [0, 0.1) is 0 Å². The first-order chi connectivity index (χ1) is 13.2. The van der Waals surface area contributed by atoms with Crippen LogP contribution in [0.3, 0.4) is 0 Å². The Balaban J connectivity index is 1.38. The molecule has 0 atom stereocenters. The number of nitrogens with one attached hydrogen (secondary N) is 2. The van der Waals surface area contributed by atoms with Crippen LogP contribution in [-0.2, 0) is 11.2 Å². The maximum Gasteiger partial charge on any atom is 0.271 e. The number of aromatic nitrogens is 2. The number of ether oxygens (including phenoxy) is 1. The van der Waals surface area contributed by atoms with Crippen molar-refractivity contribution in [2.24, 2.45) is 0 Å². The predicted molar refractivity (Wildman–Crippen MR) is 105 cm³/mol. The molecule has 1 amide bonds. The number of carbonyl (C=O) groups excluding carboxylic acids is 1. The molecular weight excluding hydrogens is 366 g/mol. The average molecular weight is 390 g/mol. The van der Waals surface area contributed by atoms with Gasteiger partial charge in [-0.25, -0.2) is 0 Å². The van der Waals surface area contributed by atoms with Gasteiger partial charge in [-0.05, 0) is 36.2 Å². The van der Waals surface area contributed by atoms with Crippen LogP contribution in [0.1, 0.15) is 16.1 Å². The molecule has 1 fully saturated rings. The van der Waals surface area contributed by atoms with Crippen LogP contribution in [0.4, 0.5) is 5.82 Å². The fourth-order valence-corrected chi connectivity index (χ4v) is 3.03. The van der Waals surface area contributed by atoms with Crippen LogP contribution in [0.2, 0.25) is 5.02 Å². The lowest BCUT2D eigenvalue weighted by Crippen LogP contribution is -2.39. The first-order valence-electron chi connectivity index (χ1n) is 9.11. The van der Waals surface area contributed by atoms with E-state index in [0.717, 1.165) is 45.0 Å².